The van der Waals surface area contributed by atoms with Crippen LogP contribution in [0, 0.1) is 0 Å². The van der Waals surface area contributed by atoms with Crippen LogP contribution in [0.4, 0.5) is 4.79 Å². The van der Waals surface area contributed by atoms with Crippen LogP contribution < -0.4 is 27.0 Å². The van der Waals surface area contributed by atoms with E-state index in [1.54, 1.807) is 0 Å². The van der Waals surface area contributed by atoms with Crippen molar-refractivity contribution >= 4 is 35.8 Å². The zero-order valence-electron chi connectivity index (χ0n) is 16.2. The SMILES string of the molecule is NCC(=O)NCC(=O)NCCCC[C@H](NC(=O)N[C@@H](CCC(=O)O)C(=O)O)C(=O)O. The molecule has 0 unspecified atom stereocenters. The van der Waals surface area contributed by atoms with Gasteiger partial charge in [0.05, 0.1) is 13.1 Å². The molecule has 0 fully saturated rings. The quantitative estimate of drug-likeness (QED) is 0.125. The Morgan fingerprint density at radius 1 is 0.767 bits per heavy atom. The molecule has 170 valence electrons. The van der Waals surface area contributed by atoms with Gasteiger partial charge in [-0.3, -0.25) is 14.4 Å². The molecule has 0 saturated heterocycles. The summed E-state index contributed by atoms with van der Waals surface area (Å²) >= 11 is 0. The molecule has 0 aromatic rings. The Morgan fingerprint density at radius 2 is 1.33 bits per heavy atom. The van der Waals surface area contributed by atoms with Crippen molar-refractivity contribution < 1.29 is 44.1 Å². The Bertz CT molecular complexity index is 641. The first-order chi connectivity index (χ1) is 14.1. The lowest BCUT2D eigenvalue weighted by atomic mass is 10.1. The third-order valence-corrected chi connectivity index (χ3v) is 3.73. The maximum absolute atomic E-state index is 11.9. The highest BCUT2D eigenvalue weighted by atomic mass is 16.4. The number of nitrogens with one attached hydrogen (secondary N) is 4. The number of amides is 4. The Balaban J connectivity index is 4.31. The molecule has 0 bridgehead atoms. The summed E-state index contributed by atoms with van der Waals surface area (Å²) in [6.45, 7) is -0.258. The summed E-state index contributed by atoms with van der Waals surface area (Å²) in [5, 5.41) is 35.7. The zero-order chi connectivity index (χ0) is 23.1. The fourth-order valence-electron chi connectivity index (χ4n) is 2.16. The zero-order valence-corrected chi connectivity index (χ0v) is 16.2. The lowest BCUT2D eigenvalue weighted by molar-refractivity contribution is -0.141. The number of unbranched alkanes of at least 4 members (excludes halogenated alkanes) is 1. The summed E-state index contributed by atoms with van der Waals surface area (Å²) in [6, 6.07) is -3.84. The van der Waals surface area contributed by atoms with E-state index in [-0.39, 0.29) is 32.5 Å². The van der Waals surface area contributed by atoms with Crippen LogP contribution >= 0.6 is 0 Å². The predicted molar refractivity (Wildman–Crippen MR) is 100 cm³/mol. The van der Waals surface area contributed by atoms with Crippen LogP contribution in [0.3, 0.4) is 0 Å². The van der Waals surface area contributed by atoms with Crippen molar-refractivity contribution in [1.82, 2.24) is 21.3 Å². The number of nitrogens with two attached hydrogens (primary N) is 1. The second kappa shape index (κ2) is 14.6. The van der Waals surface area contributed by atoms with E-state index in [0.29, 0.717) is 12.8 Å². The average molecular weight is 433 g/mol. The van der Waals surface area contributed by atoms with E-state index in [0.717, 1.165) is 0 Å². The molecule has 0 saturated carbocycles. The molecule has 0 aliphatic carbocycles. The molecule has 0 radical (unpaired) electrons. The number of carbonyl (C=O) groups is 6. The van der Waals surface area contributed by atoms with E-state index in [4.69, 9.17) is 15.9 Å². The van der Waals surface area contributed by atoms with Crippen molar-refractivity contribution in [2.45, 2.75) is 44.2 Å². The van der Waals surface area contributed by atoms with Gasteiger partial charge in [-0.1, -0.05) is 0 Å². The number of carbonyl (C=O) groups excluding carboxylic acids is 3. The molecule has 0 aromatic carbocycles. The summed E-state index contributed by atoms with van der Waals surface area (Å²) in [6.07, 6.45) is -0.133. The highest BCUT2D eigenvalue weighted by molar-refractivity contribution is 5.86. The van der Waals surface area contributed by atoms with Crippen LogP contribution in [0.25, 0.3) is 0 Å². The first-order valence-electron chi connectivity index (χ1n) is 9.04. The van der Waals surface area contributed by atoms with Gasteiger partial charge in [0.15, 0.2) is 0 Å². The Labute approximate surface area is 171 Å². The van der Waals surface area contributed by atoms with Gasteiger partial charge in [-0.2, -0.15) is 0 Å². The minimum atomic E-state index is -1.48. The summed E-state index contributed by atoms with van der Waals surface area (Å²) in [5.41, 5.74) is 5.07. The molecule has 0 aliphatic heterocycles. The molecule has 4 amide bonds. The van der Waals surface area contributed by atoms with Crippen LogP contribution in [0.15, 0.2) is 0 Å². The number of hydrogen-bond donors (Lipinski definition) is 8. The van der Waals surface area contributed by atoms with Gasteiger partial charge in [-0.25, -0.2) is 14.4 Å². The lowest BCUT2D eigenvalue weighted by Crippen LogP contribution is -2.51. The second-order valence-electron chi connectivity index (χ2n) is 6.16. The Hall–Kier alpha value is -3.42. The van der Waals surface area contributed by atoms with Gasteiger partial charge in [-0.15, -0.1) is 0 Å². The predicted octanol–water partition coefficient (Wildman–Crippen LogP) is -2.58. The number of aliphatic carboxylic acids is 3. The number of carboxylic acids is 3. The standard InChI is InChI=1S/C16H27N5O9/c17-7-11(22)19-8-12(23)18-6-2-1-3-9(14(26)27)20-16(30)21-10(15(28)29)4-5-13(24)25/h9-10H,1-8,17H2,(H,18,23)(H,19,22)(H,24,25)(H,26,27)(H,28,29)(H2,20,21,30)/t9-,10-/m0/s1. The van der Waals surface area contributed by atoms with E-state index < -0.39 is 54.3 Å². The first kappa shape index (κ1) is 26.6. The van der Waals surface area contributed by atoms with E-state index in [2.05, 4.69) is 16.0 Å². The smallest absolute Gasteiger partial charge is 0.326 e. The minimum Gasteiger partial charge on any atom is -0.481 e. The number of hydrogen-bond acceptors (Lipinski definition) is 7. The summed E-state index contributed by atoms with van der Waals surface area (Å²) in [7, 11) is 0. The number of rotatable bonds is 15. The maximum atomic E-state index is 11.9. The molecule has 0 rings (SSSR count). The van der Waals surface area contributed by atoms with Crippen molar-refractivity contribution in [1.29, 1.82) is 0 Å². The van der Waals surface area contributed by atoms with E-state index >= 15 is 0 Å². The average Bonchev–Trinajstić information content (AvgIpc) is 2.67. The van der Waals surface area contributed by atoms with Crippen molar-refractivity contribution in [2.75, 3.05) is 19.6 Å². The van der Waals surface area contributed by atoms with Gasteiger partial charge >= 0.3 is 23.9 Å². The lowest BCUT2D eigenvalue weighted by Gasteiger charge is -2.18. The largest absolute Gasteiger partial charge is 0.481 e. The van der Waals surface area contributed by atoms with Crippen LogP contribution in [0.1, 0.15) is 32.1 Å². The molecule has 2 atom stereocenters. The fraction of sp³-hybridized carbons (Fsp3) is 0.625. The fourth-order valence-corrected chi connectivity index (χ4v) is 2.16. The molecule has 30 heavy (non-hydrogen) atoms. The van der Waals surface area contributed by atoms with Crippen LogP contribution in [0.5, 0.6) is 0 Å². The normalized spacial score (nSPS) is 12.2. The van der Waals surface area contributed by atoms with Gasteiger partial charge in [0, 0.05) is 13.0 Å². The third-order valence-electron chi connectivity index (χ3n) is 3.73. The Kier molecular flexibility index (Phi) is 12.9. The van der Waals surface area contributed by atoms with Gasteiger partial charge < -0.3 is 42.3 Å². The monoisotopic (exact) mass is 433 g/mol. The van der Waals surface area contributed by atoms with Crippen LogP contribution in [0.2, 0.25) is 0 Å². The molecule has 0 aromatic heterocycles. The molecule has 14 nitrogen and oxygen atoms in total. The van der Waals surface area contributed by atoms with E-state index in [9.17, 15) is 33.9 Å². The minimum absolute atomic E-state index is 0.00932. The Morgan fingerprint density at radius 3 is 1.83 bits per heavy atom. The first-order valence-corrected chi connectivity index (χ1v) is 9.04. The summed E-state index contributed by atoms with van der Waals surface area (Å²) < 4.78 is 0. The molecule has 0 spiro atoms. The number of carboxylic acid groups (broad SMARTS) is 3. The third kappa shape index (κ3) is 12.9. The number of urea groups is 1. The molecule has 14 heteroatoms. The van der Waals surface area contributed by atoms with Crippen molar-refractivity contribution in [2.24, 2.45) is 5.73 Å². The molecular weight excluding hydrogens is 406 g/mol. The topological polar surface area (TPSA) is 237 Å². The van der Waals surface area contributed by atoms with Gasteiger partial charge in [0.2, 0.25) is 11.8 Å². The summed E-state index contributed by atoms with van der Waals surface area (Å²) in [5.74, 6) is -4.94. The van der Waals surface area contributed by atoms with Crippen LogP contribution in [-0.4, -0.2) is 82.8 Å². The van der Waals surface area contributed by atoms with Crippen molar-refractivity contribution in [3.8, 4) is 0 Å². The highest BCUT2D eigenvalue weighted by Crippen LogP contribution is 2.02. The van der Waals surface area contributed by atoms with Gasteiger partial charge in [0.25, 0.3) is 0 Å². The van der Waals surface area contributed by atoms with Gasteiger partial charge in [0.1, 0.15) is 12.1 Å². The van der Waals surface area contributed by atoms with E-state index in [1.165, 1.54) is 0 Å². The molecule has 0 heterocycles. The van der Waals surface area contributed by atoms with Gasteiger partial charge in [-0.05, 0) is 25.7 Å². The summed E-state index contributed by atoms with van der Waals surface area (Å²) in [4.78, 5) is 67.1. The van der Waals surface area contributed by atoms with Crippen LogP contribution in [-0.2, 0) is 24.0 Å². The molecule has 0 aliphatic rings. The maximum Gasteiger partial charge on any atom is 0.326 e. The van der Waals surface area contributed by atoms with Crippen molar-refractivity contribution in [3.05, 3.63) is 0 Å². The van der Waals surface area contributed by atoms with Crippen molar-refractivity contribution in [3.63, 3.8) is 0 Å². The molecule has 9 N–H and O–H groups in total. The van der Waals surface area contributed by atoms with E-state index in [1.807, 2.05) is 5.32 Å². The molecular formula is C16H27N5O9. The second-order valence-corrected chi connectivity index (χ2v) is 6.16. The highest BCUT2D eigenvalue weighted by Gasteiger charge is 2.24.